The van der Waals surface area contributed by atoms with E-state index >= 15 is 0 Å². The third-order valence-electron chi connectivity index (χ3n) is 2.47. The first-order valence-electron chi connectivity index (χ1n) is 5.75. The highest BCUT2D eigenvalue weighted by Gasteiger charge is 2.52. The monoisotopic (exact) mass is 272 g/mol. The van der Waals surface area contributed by atoms with Gasteiger partial charge in [-0.2, -0.15) is 0 Å². The second-order valence-electron chi connectivity index (χ2n) is 5.13. The molecule has 7 nitrogen and oxygen atoms in total. The van der Waals surface area contributed by atoms with Crippen molar-refractivity contribution in [3.8, 4) is 0 Å². The number of nitrogens with two attached hydrogens (primary N) is 2. The molecule has 0 saturated carbocycles. The van der Waals surface area contributed by atoms with E-state index in [9.17, 15) is 14.4 Å². The molecule has 0 radical (unpaired) electrons. The summed E-state index contributed by atoms with van der Waals surface area (Å²) in [6, 6.07) is -1.50. The van der Waals surface area contributed by atoms with E-state index in [2.05, 4.69) is 0 Å². The summed E-state index contributed by atoms with van der Waals surface area (Å²) in [4.78, 5) is 33.9. The van der Waals surface area contributed by atoms with Crippen LogP contribution in [0.1, 0.15) is 34.1 Å². The lowest BCUT2D eigenvalue weighted by Gasteiger charge is -2.32. The highest BCUT2D eigenvalue weighted by Crippen LogP contribution is 2.20. The number of rotatable bonds is 5. The first-order chi connectivity index (χ1) is 8.50. The van der Waals surface area contributed by atoms with E-state index in [1.807, 2.05) is 0 Å². The lowest BCUT2D eigenvalue weighted by atomic mass is 9.85. The van der Waals surface area contributed by atoms with Crippen LogP contribution in [-0.4, -0.2) is 40.2 Å². The second-order valence-corrected chi connectivity index (χ2v) is 5.13. The van der Waals surface area contributed by atoms with Gasteiger partial charge < -0.3 is 21.3 Å². The zero-order valence-electron chi connectivity index (χ0n) is 11.5. The van der Waals surface area contributed by atoms with Crippen LogP contribution in [0.3, 0.4) is 0 Å². The van der Waals surface area contributed by atoms with Gasteiger partial charge in [-0.1, -0.05) is 6.92 Å². The zero-order valence-corrected chi connectivity index (χ0v) is 11.5. The molecule has 0 heterocycles. The van der Waals surface area contributed by atoms with E-state index in [0.29, 0.717) is 0 Å². The molecule has 0 saturated heterocycles. The summed E-state index contributed by atoms with van der Waals surface area (Å²) in [5.41, 5.74) is 7.69. The minimum atomic E-state index is -2.52. The molecule has 0 spiro atoms. The van der Waals surface area contributed by atoms with Crippen molar-refractivity contribution in [1.29, 1.82) is 0 Å². The lowest BCUT2D eigenvalue weighted by molar-refractivity contribution is -0.169. The summed E-state index contributed by atoms with van der Waals surface area (Å²) in [6.07, 6.45) is 0.139. The second kappa shape index (κ2) is 5.97. The average molecular weight is 272 g/mol. The number of hydrogen-bond donors (Lipinski definition) is 3. The van der Waals surface area contributed by atoms with Crippen LogP contribution < -0.4 is 11.5 Å². The summed E-state index contributed by atoms with van der Waals surface area (Å²) in [5, 5.41) is 9.16. The molecule has 2 atom stereocenters. The summed E-state index contributed by atoms with van der Waals surface area (Å²) in [7, 11) is 0. The van der Waals surface area contributed by atoms with Crippen LogP contribution in [0.2, 0.25) is 0 Å². The fraction of sp³-hybridized carbons (Fsp3) is 0.667. The Morgan fingerprint density at radius 3 is 2.11 bits per heavy atom. The number of ether oxygens (including phenoxy) is 1. The summed E-state index contributed by atoms with van der Waals surface area (Å²) in [6.45, 7) is 6.27. The Bertz CT molecular complexity index is 420. The first kappa shape index (κ1) is 17.3. The Morgan fingerprint density at radius 1 is 1.37 bits per heavy atom. The summed E-state index contributed by atoms with van der Waals surface area (Å²) >= 11 is 0. The third kappa shape index (κ3) is 3.89. The highest BCUT2D eigenvalue weighted by atomic mass is 16.6. The molecule has 0 bridgehead atoms. The van der Waals surface area contributed by atoms with E-state index in [4.69, 9.17) is 21.3 Å². The number of carbonyl (C=O) groups is 2. The molecular weight excluding hydrogens is 252 g/mol. The lowest BCUT2D eigenvalue weighted by Crippen LogP contribution is -2.67. The van der Waals surface area contributed by atoms with Crippen molar-refractivity contribution in [3.63, 3.8) is 0 Å². The number of carboxylic acids is 1. The van der Waals surface area contributed by atoms with Crippen molar-refractivity contribution in [2.45, 2.75) is 51.3 Å². The van der Waals surface area contributed by atoms with Crippen LogP contribution >= 0.6 is 0 Å². The molecule has 0 fully saturated rings. The number of aliphatic carboxylic acids is 1. The highest BCUT2D eigenvalue weighted by molar-refractivity contribution is 6.05. The van der Waals surface area contributed by atoms with Crippen LogP contribution in [0.25, 0.3) is 0 Å². The van der Waals surface area contributed by atoms with Crippen molar-refractivity contribution >= 4 is 17.9 Å². The van der Waals surface area contributed by atoms with E-state index < -0.39 is 29.1 Å². The molecule has 0 amide bonds. The number of hydrogen-bond acceptors (Lipinski definition) is 6. The summed E-state index contributed by atoms with van der Waals surface area (Å²) in [5.74, 6) is -1.33. The van der Waals surface area contributed by atoms with Crippen molar-refractivity contribution in [1.82, 2.24) is 0 Å². The van der Waals surface area contributed by atoms with Crippen LogP contribution in [0, 0.1) is 0 Å². The van der Waals surface area contributed by atoms with E-state index in [1.54, 1.807) is 27.7 Å². The number of carbonyl (C=O) groups excluding carboxylic acids is 2. The van der Waals surface area contributed by atoms with Gasteiger partial charge in [0.05, 0.1) is 6.04 Å². The Morgan fingerprint density at radius 2 is 1.84 bits per heavy atom. The zero-order chi connectivity index (χ0) is 15.4. The SMILES string of the molecule is CCC(=C=O)C(N)C(N)(C(=O)O)C(=O)OC(C)(C)C. The van der Waals surface area contributed by atoms with Gasteiger partial charge in [0.25, 0.3) is 0 Å². The summed E-state index contributed by atoms with van der Waals surface area (Å²) < 4.78 is 4.96. The van der Waals surface area contributed by atoms with Gasteiger partial charge in [-0.25, -0.2) is 14.4 Å². The van der Waals surface area contributed by atoms with Crippen molar-refractivity contribution in [2.24, 2.45) is 11.5 Å². The van der Waals surface area contributed by atoms with Crippen LogP contribution in [-0.2, 0) is 19.1 Å². The van der Waals surface area contributed by atoms with Gasteiger partial charge in [0.15, 0.2) is 0 Å². The molecule has 0 rings (SSSR count). The van der Waals surface area contributed by atoms with Crippen LogP contribution in [0.4, 0.5) is 0 Å². The minimum absolute atomic E-state index is 0.0873. The molecule has 0 aromatic carbocycles. The Kier molecular flexibility index (Phi) is 5.44. The molecule has 0 aromatic heterocycles. The predicted molar refractivity (Wildman–Crippen MR) is 67.9 cm³/mol. The molecule has 0 aliphatic heterocycles. The molecule has 0 aliphatic rings. The Labute approximate surface area is 111 Å². The molecule has 19 heavy (non-hydrogen) atoms. The van der Waals surface area contributed by atoms with Gasteiger partial charge in [0.1, 0.15) is 11.5 Å². The standard InChI is InChI=1S/C12H20N2O5/c1-5-7(6-15)8(13)12(14,9(16)17)10(18)19-11(2,3)4/h8H,5,13-14H2,1-4H3,(H,16,17). The van der Waals surface area contributed by atoms with Gasteiger partial charge in [0.2, 0.25) is 5.54 Å². The maximum absolute atomic E-state index is 11.9. The Hall–Kier alpha value is -1.69. The fourth-order valence-corrected chi connectivity index (χ4v) is 1.34. The predicted octanol–water partition coefficient (Wildman–Crippen LogP) is -0.394. The van der Waals surface area contributed by atoms with Gasteiger partial charge in [0, 0.05) is 5.57 Å². The smallest absolute Gasteiger partial charge is 0.340 e. The fourth-order valence-electron chi connectivity index (χ4n) is 1.34. The third-order valence-corrected chi connectivity index (χ3v) is 2.47. The number of carboxylic acid groups (broad SMARTS) is 1. The molecule has 5 N–H and O–H groups in total. The van der Waals surface area contributed by atoms with Crippen LogP contribution in [0.15, 0.2) is 5.57 Å². The van der Waals surface area contributed by atoms with Crippen molar-refractivity contribution in [2.75, 3.05) is 0 Å². The van der Waals surface area contributed by atoms with Gasteiger partial charge >= 0.3 is 11.9 Å². The van der Waals surface area contributed by atoms with E-state index in [0.717, 1.165) is 0 Å². The average Bonchev–Trinajstić information content (AvgIpc) is 2.26. The normalized spacial score (nSPS) is 15.9. The van der Waals surface area contributed by atoms with Crippen LogP contribution in [0.5, 0.6) is 0 Å². The number of esters is 1. The minimum Gasteiger partial charge on any atom is -0.479 e. The van der Waals surface area contributed by atoms with E-state index in [1.165, 1.54) is 5.94 Å². The van der Waals surface area contributed by atoms with Gasteiger partial charge in [-0.3, -0.25) is 0 Å². The molecule has 0 aromatic rings. The largest absolute Gasteiger partial charge is 0.479 e. The van der Waals surface area contributed by atoms with E-state index in [-0.39, 0.29) is 12.0 Å². The Balaban J connectivity index is 5.56. The van der Waals surface area contributed by atoms with Gasteiger partial charge in [-0.05, 0) is 27.2 Å². The first-order valence-corrected chi connectivity index (χ1v) is 5.75. The quantitative estimate of drug-likeness (QED) is 0.352. The molecular formula is C12H20N2O5. The topological polar surface area (TPSA) is 133 Å². The van der Waals surface area contributed by atoms with Crippen molar-refractivity contribution < 1.29 is 24.2 Å². The maximum atomic E-state index is 11.9. The van der Waals surface area contributed by atoms with Crippen molar-refractivity contribution in [3.05, 3.63) is 5.57 Å². The molecule has 0 aliphatic carbocycles. The maximum Gasteiger partial charge on any atom is 0.340 e. The molecule has 7 heteroatoms. The molecule has 2 unspecified atom stereocenters. The molecule has 108 valence electrons. The van der Waals surface area contributed by atoms with Gasteiger partial charge in [-0.15, -0.1) is 0 Å².